The second-order valence-electron chi connectivity index (χ2n) is 4.93. The van der Waals surface area contributed by atoms with Crippen molar-refractivity contribution in [2.75, 3.05) is 18.1 Å². The predicted octanol–water partition coefficient (Wildman–Crippen LogP) is 2.47. The Bertz CT molecular complexity index is 460. The fourth-order valence-corrected chi connectivity index (χ4v) is 2.77. The normalized spacial score (nSPS) is 15.1. The zero-order valence-corrected chi connectivity index (χ0v) is 12.5. The molecule has 1 saturated carbocycles. The first kappa shape index (κ1) is 14.3. The van der Waals surface area contributed by atoms with Gasteiger partial charge in [0.1, 0.15) is 5.84 Å². The minimum atomic E-state index is 0.0876. The Morgan fingerprint density at radius 1 is 1.47 bits per heavy atom. The molecule has 0 atom stereocenters. The SMILES string of the molecule is N=C(N)c1cc(Br)ccc1N(CCCO)C1CCC1. The number of nitrogen functional groups attached to an aromatic ring is 1. The Morgan fingerprint density at radius 3 is 2.74 bits per heavy atom. The van der Waals surface area contributed by atoms with Crippen LogP contribution in [0.2, 0.25) is 0 Å². The third kappa shape index (κ3) is 3.28. The maximum Gasteiger partial charge on any atom is 0.124 e. The zero-order chi connectivity index (χ0) is 13.8. The molecule has 1 aromatic rings. The molecule has 4 N–H and O–H groups in total. The van der Waals surface area contributed by atoms with Crippen molar-refractivity contribution in [2.45, 2.75) is 31.7 Å². The quantitative estimate of drug-likeness (QED) is 0.555. The molecule has 1 aliphatic carbocycles. The topological polar surface area (TPSA) is 73.3 Å². The molecule has 4 nitrogen and oxygen atoms in total. The summed E-state index contributed by atoms with van der Waals surface area (Å²) < 4.78 is 0.928. The largest absolute Gasteiger partial charge is 0.396 e. The number of benzene rings is 1. The number of rotatable bonds is 6. The highest BCUT2D eigenvalue weighted by Crippen LogP contribution is 2.33. The lowest BCUT2D eigenvalue weighted by molar-refractivity contribution is 0.283. The molecule has 0 radical (unpaired) electrons. The van der Waals surface area contributed by atoms with Crippen LogP contribution in [0.25, 0.3) is 0 Å². The molecule has 0 bridgehead atoms. The Labute approximate surface area is 122 Å². The first-order valence-corrected chi connectivity index (χ1v) is 7.44. The number of aliphatic hydroxyl groups is 1. The van der Waals surface area contributed by atoms with E-state index in [2.05, 4.69) is 20.8 Å². The summed E-state index contributed by atoms with van der Waals surface area (Å²) in [5, 5.41) is 16.8. The summed E-state index contributed by atoms with van der Waals surface area (Å²) in [5.74, 6) is 0.0876. The van der Waals surface area contributed by atoms with Crippen LogP contribution < -0.4 is 10.6 Å². The molecule has 1 aromatic carbocycles. The van der Waals surface area contributed by atoms with E-state index in [-0.39, 0.29) is 12.4 Å². The van der Waals surface area contributed by atoms with E-state index in [4.69, 9.17) is 16.2 Å². The standard InChI is InChI=1S/C14H20BrN3O/c15-10-5-6-13(12(9-10)14(16)17)18(7-2-8-19)11-3-1-4-11/h5-6,9,11,19H,1-4,7-8H2,(H3,16,17). The van der Waals surface area contributed by atoms with Crippen LogP contribution in [-0.2, 0) is 0 Å². The molecule has 104 valence electrons. The van der Waals surface area contributed by atoms with Gasteiger partial charge in [0, 0.05) is 34.9 Å². The van der Waals surface area contributed by atoms with Crippen molar-refractivity contribution in [2.24, 2.45) is 5.73 Å². The molecule has 0 aliphatic heterocycles. The summed E-state index contributed by atoms with van der Waals surface area (Å²) >= 11 is 3.42. The lowest BCUT2D eigenvalue weighted by atomic mass is 9.90. The van der Waals surface area contributed by atoms with E-state index in [0.717, 1.165) is 28.7 Å². The van der Waals surface area contributed by atoms with Crippen LogP contribution in [0.4, 0.5) is 5.69 Å². The molecule has 1 aliphatic rings. The number of hydrogen-bond donors (Lipinski definition) is 3. The zero-order valence-electron chi connectivity index (χ0n) is 10.9. The smallest absolute Gasteiger partial charge is 0.124 e. The van der Waals surface area contributed by atoms with Gasteiger partial charge in [-0.2, -0.15) is 0 Å². The summed E-state index contributed by atoms with van der Waals surface area (Å²) in [6, 6.07) is 6.40. The van der Waals surface area contributed by atoms with Gasteiger partial charge in [-0.05, 0) is 43.9 Å². The average molecular weight is 326 g/mol. The molecule has 0 aromatic heterocycles. The van der Waals surface area contributed by atoms with Crippen LogP contribution in [-0.4, -0.2) is 30.1 Å². The van der Waals surface area contributed by atoms with E-state index in [0.29, 0.717) is 6.04 Å². The highest BCUT2D eigenvalue weighted by Gasteiger charge is 2.26. The van der Waals surface area contributed by atoms with Crippen LogP contribution in [0.3, 0.4) is 0 Å². The number of nitrogens with two attached hydrogens (primary N) is 1. The first-order valence-electron chi connectivity index (χ1n) is 6.65. The molecule has 0 saturated heterocycles. The lowest BCUT2D eigenvalue weighted by Gasteiger charge is -2.40. The van der Waals surface area contributed by atoms with Gasteiger partial charge in [-0.15, -0.1) is 0 Å². The molecule has 0 heterocycles. The first-order chi connectivity index (χ1) is 9.13. The van der Waals surface area contributed by atoms with Crippen molar-refractivity contribution in [3.63, 3.8) is 0 Å². The summed E-state index contributed by atoms with van der Waals surface area (Å²) in [4.78, 5) is 2.29. The fraction of sp³-hybridized carbons (Fsp3) is 0.500. The molecule has 0 spiro atoms. The van der Waals surface area contributed by atoms with Crippen molar-refractivity contribution in [3.8, 4) is 0 Å². The lowest BCUT2D eigenvalue weighted by Crippen LogP contribution is -2.42. The molecular weight excluding hydrogens is 306 g/mol. The maximum absolute atomic E-state index is 9.06. The molecule has 19 heavy (non-hydrogen) atoms. The van der Waals surface area contributed by atoms with E-state index in [1.165, 1.54) is 19.3 Å². The van der Waals surface area contributed by atoms with Crippen molar-refractivity contribution in [1.29, 1.82) is 5.41 Å². The van der Waals surface area contributed by atoms with Gasteiger partial charge < -0.3 is 15.7 Å². The Balaban J connectivity index is 2.31. The minimum Gasteiger partial charge on any atom is -0.396 e. The number of nitrogens with zero attached hydrogens (tertiary/aromatic N) is 1. The van der Waals surface area contributed by atoms with Crippen molar-refractivity contribution in [3.05, 3.63) is 28.2 Å². The minimum absolute atomic E-state index is 0.0876. The maximum atomic E-state index is 9.06. The molecule has 0 amide bonds. The van der Waals surface area contributed by atoms with Crippen LogP contribution in [0.5, 0.6) is 0 Å². The van der Waals surface area contributed by atoms with Gasteiger partial charge in [0.05, 0.1) is 0 Å². The molecule has 5 heteroatoms. The van der Waals surface area contributed by atoms with E-state index < -0.39 is 0 Å². The van der Waals surface area contributed by atoms with Crippen LogP contribution in [0, 0.1) is 5.41 Å². The highest BCUT2D eigenvalue weighted by molar-refractivity contribution is 9.10. The predicted molar refractivity (Wildman–Crippen MR) is 81.8 cm³/mol. The van der Waals surface area contributed by atoms with Crippen molar-refractivity contribution < 1.29 is 5.11 Å². The number of hydrogen-bond acceptors (Lipinski definition) is 3. The number of anilines is 1. The Morgan fingerprint density at radius 2 is 2.21 bits per heavy atom. The number of aliphatic hydroxyl groups excluding tert-OH is 1. The second-order valence-corrected chi connectivity index (χ2v) is 5.85. The van der Waals surface area contributed by atoms with Crippen LogP contribution >= 0.6 is 15.9 Å². The van der Waals surface area contributed by atoms with Crippen molar-refractivity contribution >= 4 is 27.5 Å². The van der Waals surface area contributed by atoms with Crippen LogP contribution in [0.15, 0.2) is 22.7 Å². The van der Waals surface area contributed by atoms with E-state index in [1.807, 2.05) is 18.2 Å². The average Bonchev–Trinajstić information content (AvgIpc) is 2.32. The van der Waals surface area contributed by atoms with Gasteiger partial charge in [-0.3, -0.25) is 5.41 Å². The molecular formula is C14H20BrN3O. The number of amidine groups is 1. The van der Waals surface area contributed by atoms with Gasteiger partial charge in [-0.1, -0.05) is 15.9 Å². The number of halogens is 1. The highest BCUT2D eigenvalue weighted by atomic mass is 79.9. The van der Waals surface area contributed by atoms with Crippen molar-refractivity contribution in [1.82, 2.24) is 0 Å². The summed E-state index contributed by atoms with van der Waals surface area (Å²) in [7, 11) is 0. The fourth-order valence-electron chi connectivity index (χ4n) is 2.41. The van der Waals surface area contributed by atoms with Gasteiger partial charge in [0.25, 0.3) is 0 Å². The third-order valence-corrected chi connectivity index (χ3v) is 4.12. The van der Waals surface area contributed by atoms with E-state index in [9.17, 15) is 0 Å². The Hall–Kier alpha value is -1.07. The molecule has 0 unspecified atom stereocenters. The van der Waals surface area contributed by atoms with Gasteiger partial charge >= 0.3 is 0 Å². The summed E-state index contributed by atoms with van der Waals surface area (Å²) in [5.41, 5.74) is 7.47. The summed E-state index contributed by atoms with van der Waals surface area (Å²) in [6.07, 6.45) is 4.35. The van der Waals surface area contributed by atoms with E-state index in [1.54, 1.807) is 0 Å². The molecule has 2 rings (SSSR count). The number of nitrogens with one attached hydrogen (secondary N) is 1. The summed E-state index contributed by atoms with van der Waals surface area (Å²) in [6.45, 7) is 0.998. The third-order valence-electron chi connectivity index (χ3n) is 3.63. The van der Waals surface area contributed by atoms with Gasteiger partial charge in [-0.25, -0.2) is 0 Å². The van der Waals surface area contributed by atoms with E-state index >= 15 is 0 Å². The van der Waals surface area contributed by atoms with Crippen LogP contribution in [0.1, 0.15) is 31.2 Å². The van der Waals surface area contributed by atoms with Gasteiger partial charge in [0.2, 0.25) is 0 Å². The molecule has 1 fully saturated rings. The monoisotopic (exact) mass is 325 g/mol. The van der Waals surface area contributed by atoms with Gasteiger partial charge in [0.15, 0.2) is 0 Å². The Kier molecular flexibility index (Phi) is 4.82. The second kappa shape index (κ2) is 6.39.